The number of hydrogen-bond acceptors (Lipinski definition) is 2. The molecule has 74 valence electrons. The quantitative estimate of drug-likeness (QED) is 0.746. The monoisotopic (exact) mass is 191 g/mol. The summed E-state index contributed by atoms with van der Waals surface area (Å²) in [5, 5.41) is 12.1. The molecule has 0 spiro atoms. The molecule has 0 atom stereocenters. The molecule has 1 aromatic rings. The van der Waals surface area contributed by atoms with E-state index in [1.54, 1.807) is 0 Å². The second kappa shape index (κ2) is 3.42. The van der Waals surface area contributed by atoms with Crippen LogP contribution < -0.4 is 5.32 Å². The first-order valence-corrected chi connectivity index (χ1v) is 4.71. The van der Waals surface area contributed by atoms with Crippen molar-refractivity contribution in [1.29, 1.82) is 0 Å². The van der Waals surface area contributed by atoms with E-state index >= 15 is 0 Å². The van der Waals surface area contributed by atoms with Crippen LogP contribution in [0.4, 0.5) is 0 Å². The van der Waals surface area contributed by atoms with Crippen LogP contribution in [0.15, 0.2) is 30.3 Å². The lowest BCUT2D eigenvalue weighted by Crippen LogP contribution is -2.59. The summed E-state index contributed by atoms with van der Waals surface area (Å²) >= 11 is 0. The minimum absolute atomic E-state index is 0.568. The van der Waals surface area contributed by atoms with E-state index < -0.39 is 11.4 Å². The standard InChI is InChI=1S/C11H13NO2/c13-10(14)11(7-12-8-11)6-9-4-2-1-3-5-9/h1-5,12H,6-8H2,(H,13,14). The van der Waals surface area contributed by atoms with Crippen molar-refractivity contribution in [2.75, 3.05) is 13.1 Å². The fourth-order valence-electron chi connectivity index (χ4n) is 1.77. The first kappa shape index (κ1) is 9.21. The highest BCUT2D eigenvalue weighted by Crippen LogP contribution is 2.27. The number of hydrogen-bond donors (Lipinski definition) is 2. The minimum atomic E-state index is -0.694. The lowest BCUT2D eigenvalue weighted by molar-refractivity contribution is -0.152. The van der Waals surface area contributed by atoms with Crippen LogP contribution in [0, 0.1) is 5.41 Å². The van der Waals surface area contributed by atoms with Crippen molar-refractivity contribution in [3.8, 4) is 0 Å². The molecule has 0 unspecified atom stereocenters. The van der Waals surface area contributed by atoms with Crippen LogP contribution in [0.25, 0.3) is 0 Å². The van der Waals surface area contributed by atoms with E-state index in [1.807, 2.05) is 30.3 Å². The van der Waals surface area contributed by atoms with Crippen molar-refractivity contribution in [3.63, 3.8) is 0 Å². The molecule has 2 N–H and O–H groups in total. The predicted molar refractivity (Wildman–Crippen MR) is 53.1 cm³/mol. The molecule has 1 aromatic carbocycles. The van der Waals surface area contributed by atoms with Crippen molar-refractivity contribution in [3.05, 3.63) is 35.9 Å². The first-order chi connectivity index (χ1) is 6.73. The predicted octanol–water partition coefficient (Wildman–Crippen LogP) is 0.903. The summed E-state index contributed by atoms with van der Waals surface area (Å²) in [4.78, 5) is 11.1. The van der Waals surface area contributed by atoms with Crippen LogP contribution in [-0.2, 0) is 11.2 Å². The highest BCUT2D eigenvalue weighted by atomic mass is 16.4. The largest absolute Gasteiger partial charge is 0.481 e. The average molecular weight is 191 g/mol. The lowest BCUT2D eigenvalue weighted by atomic mass is 9.76. The number of rotatable bonds is 3. The number of carboxylic acids is 1. The third kappa shape index (κ3) is 1.51. The maximum atomic E-state index is 11.1. The molecule has 3 heteroatoms. The van der Waals surface area contributed by atoms with Gasteiger partial charge < -0.3 is 10.4 Å². The van der Waals surface area contributed by atoms with Gasteiger partial charge in [-0.25, -0.2) is 0 Å². The zero-order chi connectivity index (χ0) is 10.0. The molecule has 1 aliphatic rings. The maximum Gasteiger partial charge on any atom is 0.312 e. The number of nitrogens with one attached hydrogen (secondary N) is 1. The Bertz CT molecular complexity index is 330. The lowest BCUT2D eigenvalue weighted by Gasteiger charge is -2.38. The summed E-state index contributed by atoms with van der Waals surface area (Å²) in [6.07, 6.45) is 0.621. The highest BCUT2D eigenvalue weighted by molar-refractivity contribution is 5.77. The van der Waals surface area contributed by atoms with Crippen LogP contribution in [0.3, 0.4) is 0 Å². The van der Waals surface area contributed by atoms with Crippen molar-refractivity contribution in [2.45, 2.75) is 6.42 Å². The summed E-state index contributed by atoms with van der Waals surface area (Å²) in [6, 6.07) is 9.77. The summed E-state index contributed by atoms with van der Waals surface area (Å²) in [6.45, 7) is 1.16. The Morgan fingerprint density at radius 1 is 1.36 bits per heavy atom. The summed E-state index contributed by atoms with van der Waals surface area (Å²) in [7, 11) is 0. The molecule has 0 aliphatic carbocycles. The number of aliphatic carboxylic acids is 1. The fourth-order valence-corrected chi connectivity index (χ4v) is 1.77. The van der Waals surface area contributed by atoms with Crippen LogP contribution >= 0.6 is 0 Å². The Hall–Kier alpha value is -1.35. The van der Waals surface area contributed by atoms with Gasteiger partial charge in [-0.05, 0) is 12.0 Å². The van der Waals surface area contributed by atoms with Crippen molar-refractivity contribution >= 4 is 5.97 Å². The second-order valence-electron chi connectivity index (χ2n) is 3.85. The van der Waals surface area contributed by atoms with E-state index in [9.17, 15) is 4.79 Å². The molecule has 0 radical (unpaired) electrons. The van der Waals surface area contributed by atoms with Gasteiger partial charge in [-0.1, -0.05) is 30.3 Å². The van der Waals surface area contributed by atoms with Crippen LogP contribution in [0.2, 0.25) is 0 Å². The Morgan fingerprint density at radius 3 is 2.43 bits per heavy atom. The normalized spacial score (nSPS) is 18.6. The van der Waals surface area contributed by atoms with Gasteiger partial charge in [0, 0.05) is 13.1 Å². The van der Waals surface area contributed by atoms with Crippen molar-refractivity contribution < 1.29 is 9.90 Å². The van der Waals surface area contributed by atoms with Gasteiger partial charge in [0.2, 0.25) is 0 Å². The fraction of sp³-hybridized carbons (Fsp3) is 0.364. The summed E-state index contributed by atoms with van der Waals surface area (Å²) in [5.74, 6) is -0.694. The SMILES string of the molecule is O=C(O)C1(Cc2ccccc2)CNC1. The molecule has 0 saturated carbocycles. The van der Waals surface area contributed by atoms with Gasteiger partial charge in [0.15, 0.2) is 0 Å². The molecule has 3 nitrogen and oxygen atoms in total. The van der Waals surface area contributed by atoms with E-state index in [4.69, 9.17) is 5.11 Å². The smallest absolute Gasteiger partial charge is 0.312 e. The topological polar surface area (TPSA) is 49.3 Å². The van der Waals surface area contributed by atoms with Crippen molar-refractivity contribution in [2.24, 2.45) is 5.41 Å². The minimum Gasteiger partial charge on any atom is -0.481 e. The number of carboxylic acid groups (broad SMARTS) is 1. The number of benzene rings is 1. The first-order valence-electron chi connectivity index (χ1n) is 4.71. The van der Waals surface area contributed by atoms with Gasteiger partial charge in [0.05, 0.1) is 5.41 Å². The summed E-state index contributed by atoms with van der Waals surface area (Å²) < 4.78 is 0. The van der Waals surface area contributed by atoms with E-state index in [-0.39, 0.29) is 0 Å². The van der Waals surface area contributed by atoms with E-state index in [0.717, 1.165) is 5.56 Å². The van der Waals surface area contributed by atoms with Gasteiger partial charge >= 0.3 is 5.97 Å². The second-order valence-corrected chi connectivity index (χ2v) is 3.85. The molecular formula is C11H13NO2. The Morgan fingerprint density at radius 2 is 2.00 bits per heavy atom. The summed E-state index contributed by atoms with van der Waals surface area (Å²) in [5.41, 5.74) is 0.526. The number of carbonyl (C=O) groups is 1. The zero-order valence-electron chi connectivity index (χ0n) is 7.86. The highest BCUT2D eigenvalue weighted by Gasteiger charge is 2.44. The Kier molecular flexibility index (Phi) is 2.25. The zero-order valence-corrected chi connectivity index (χ0v) is 7.86. The molecule has 0 bridgehead atoms. The van der Waals surface area contributed by atoms with Gasteiger partial charge in [-0.3, -0.25) is 4.79 Å². The van der Waals surface area contributed by atoms with Crippen molar-refractivity contribution in [1.82, 2.24) is 5.32 Å². The van der Waals surface area contributed by atoms with Gasteiger partial charge in [-0.15, -0.1) is 0 Å². The van der Waals surface area contributed by atoms with Crippen LogP contribution in [0.1, 0.15) is 5.56 Å². The molecule has 14 heavy (non-hydrogen) atoms. The van der Waals surface area contributed by atoms with Gasteiger partial charge in [-0.2, -0.15) is 0 Å². The third-order valence-corrected chi connectivity index (χ3v) is 2.77. The molecule has 2 rings (SSSR count). The molecule has 0 amide bonds. The molecule has 1 heterocycles. The average Bonchev–Trinajstić information content (AvgIpc) is 2.12. The third-order valence-electron chi connectivity index (χ3n) is 2.77. The molecule has 1 aliphatic heterocycles. The Labute approximate surface area is 82.8 Å². The molecule has 1 fully saturated rings. The van der Waals surface area contributed by atoms with E-state index in [1.165, 1.54) is 0 Å². The maximum absolute atomic E-state index is 11.1. The van der Waals surface area contributed by atoms with Crippen LogP contribution in [-0.4, -0.2) is 24.2 Å². The van der Waals surface area contributed by atoms with Gasteiger partial charge in [0.25, 0.3) is 0 Å². The van der Waals surface area contributed by atoms with E-state index in [2.05, 4.69) is 5.32 Å². The molecule has 1 saturated heterocycles. The Balaban J connectivity index is 2.13. The van der Waals surface area contributed by atoms with E-state index in [0.29, 0.717) is 19.5 Å². The molecular weight excluding hydrogens is 178 g/mol. The van der Waals surface area contributed by atoms with Gasteiger partial charge in [0.1, 0.15) is 0 Å². The van der Waals surface area contributed by atoms with Crippen LogP contribution in [0.5, 0.6) is 0 Å². The molecule has 0 aromatic heterocycles.